The predicted octanol–water partition coefficient (Wildman–Crippen LogP) is 1.75. The van der Waals surface area contributed by atoms with E-state index >= 15 is 0 Å². The number of nitrogens with two attached hydrogens (primary N) is 1. The first-order valence-electron chi connectivity index (χ1n) is 4.51. The van der Waals surface area contributed by atoms with Gasteiger partial charge in [-0.1, -0.05) is 0 Å². The summed E-state index contributed by atoms with van der Waals surface area (Å²) in [6.07, 6.45) is 0. The highest BCUT2D eigenvalue weighted by Gasteiger charge is 2.21. The lowest BCUT2D eigenvalue weighted by Crippen LogP contribution is -2.09. The fourth-order valence-electron chi connectivity index (χ4n) is 1.73. The summed E-state index contributed by atoms with van der Waals surface area (Å²) >= 11 is 0. The average Bonchev–Trinajstić information content (AvgIpc) is 2.09. The van der Waals surface area contributed by atoms with Crippen LogP contribution in [-0.2, 0) is 10.1 Å². The molecule has 15 heavy (non-hydrogen) atoms. The summed E-state index contributed by atoms with van der Waals surface area (Å²) in [6, 6.07) is 0. The van der Waals surface area contributed by atoms with E-state index < -0.39 is 10.1 Å². The zero-order valence-electron chi connectivity index (χ0n) is 9.25. The van der Waals surface area contributed by atoms with E-state index in [0.717, 1.165) is 11.1 Å². The Balaban J connectivity index is 3.84. The third-order valence-electron chi connectivity index (χ3n) is 2.87. The van der Waals surface area contributed by atoms with Gasteiger partial charge in [-0.3, -0.25) is 4.55 Å². The predicted molar refractivity (Wildman–Crippen MR) is 59.6 cm³/mol. The molecule has 0 spiro atoms. The van der Waals surface area contributed by atoms with Crippen LogP contribution in [0.4, 0.5) is 5.69 Å². The van der Waals surface area contributed by atoms with Gasteiger partial charge in [0.2, 0.25) is 0 Å². The molecule has 0 fully saturated rings. The maximum Gasteiger partial charge on any atom is 0.295 e. The number of rotatable bonds is 1. The molecule has 0 unspecified atom stereocenters. The Kier molecular flexibility index (Phi) is 2.80. The Morgan fingerprint density at radius 3 is 1.80 bits per heavy atom. The van der Waals surface area contributed by atoms with Crippen molar-refractivity contribution in [2.45, 2.75) is 32.6 Å². The van der Waals surface area contributed by atoms with Crippen LogP contribution in [0.25, 0.3) is 0 Å². The normalized spacial score (nSPS) is 11.8. The molecule has 0 aromatic heterocycles. The maximum atomic E-state index is 11.2. The first kappa shape index (κ1) is 12.0. The average molecular weight is 229 g/mol. The molecule has 1 aromatic rings. The number of anilines is 1. The van der Waals surface area contributed by atoms with E-state index in [1.807, 2.05) is 6.92 Å². The molecule has 0 bridgehead atoms. The van der Waals surface area contributed by atoms with Crippen LogP contribution in [0.15, 0.2) is 4.90 Å². The fraction of sp³-hybridized carbons (Fsp3) is 0.400. The molecule has 1 aromatic carbocycles. The van der Waals surface area contributed by atoms with Crippen molar-refractivity contribution >= 4 is 15.8 Å². The summed E-state index contributed by atoms with van der Waals surface area (Å²) in [5.74, 6) is 0. The second-order valence-corrected chi connectivity index (χ2v) is 5.08. The minimum atomic E-state index is -4.21. The van der Waals surface area contributed by atoms with E-state index in [-0.39, 0.29) is 4.90 Å². The van der Waals surface area contributed by atoms with Crippen LogP contribution < -0.4 is 5.73 Å². The van der Waals surface area contributed by atoms with Crippen molar-refractivity contribution in [3.63, 3.8) is 0 Å². The highest BCUT2D eigenvalue weighted by Crippen LogP contribution is 2.31. The largest absolute Gasteiger partial charge is 0.398 e. The molecule has 0 aliphatic heterocycles. The second-order valence-electron chi connectivity index (χ2n) is 3.72. The van der Waals surface area contributed by atoms with Gasteiger partial charge < -0.3 is 5.73 Å². The first-order valence-corrected chi connectivity index (χ1v) is 5.95. The van der Waals surface area contributed by atoms with Crippen molar-refractivity contribution < 1.29 is 13.0 Å². The van der Waals surface area contributed by atoms with Crippen LogP contribution in [0.2, 0.25) is 0 Å². The minimum Gasteiger partial charge on any atom is -0.398 e. The van der Waals surface area contributed by atoms with E-state index in [4.69, 9.17) is 10.3 Å². The van der Waals surface area contributed by atoms with Gasteiger partial charge in [0.15, 0.2) is 0 Å². The number of hydrogen-bond donors (Lipinski definition) is 2. The molecule has 0 heterocycles. The quantitative estimate of drug-likeness (QED) is 0.568. The molecular formula is C10H15NO3S. The molecule has 4 nitrogen and oxygen atoms in total. The second kappa shape index (κ2) is 3.50. The van der Waals surface area contributed by atoms with Crippen LogP contribution in [0.1, 0.15) is 22.3 Å². The van der Waals surface area contributed by atoms with E-state index in [0.29, 0.717) is 16.8 Å². The van der Waals surface area contributed by atoms with Gasteiger partial charge in [-0.15, -0.1) is 0 Å². The summed E-state index contributed by atoms with van der Waals surface area (Å²) in [6.45, 7) is 6.88. The van der Waals surface area contributed by atoms with E-state index in [9.17, 15) is 8.42 Å². The smallest absolute Gasteiger partial charge is 0.295 e. The van der Waals surface area contributed by atoms with E-state index in [1.165, 1.54) is 0 Å². The van der Waals surface area contributed by atoms with Crippen LogP contribution >= 0.6 is 0 Å². The van der Waals surface area contributed by atoms with Crippen LogP contribution in [-0.4, -0.2) is 13.0 Å². The monoisotopic (exact) mass is 229 g/mol. The van der Waals surface area contributed by atoms with Gasteiger partial charge in [0.25, 0.3) is 10.1 Å². The Morgan fingerprint density at radius 2 is 1.40 bits per heavy atom. The first-order chi connectivity index (χ1) is 6.68. The molecule has 84 valence electrons. The number of nitrogen functional groups attached to an aromatic ring is 1. The zero-order valence-corrected chi connectivity index (χ0v) is 10.1. The molecule has 0 radical (unpaired) electrons. The number of benzene rings is 1. The summed E-state index contributed by atoms with van der Waals surface area (Å²) in [7, 11) is -4.21. The molecule has 5 heteroatoms. The summed E-state index contributed by atoms with van der Waals surface area (Å²) in [4.78, 5) is -0.0666. The van der Waals surface area contributed by atoms with Gasteiger partial charge in [-0.2, -0.15) is 8.42 Å². The third kappa shape index (κ3) is 1.85. The van der Waals surface area contributed by atoms with E-state index in [2.05, 4.69) is 0 Å². The Hall–Kier alpha value is -1.07. The van der Waals surface area contributed by atoms with Crippen molar-refractivity contribution in [1.29, 1.82) is 0 Å². The molecule has 0 aliphatic rings. The van der Waals surface area contributed by atoms with Crippen molar-refractivity contribution in [2.75, 3.05) is 5.73 Å². The highest BCUT2D eigenvalue weighted by molar-refractivity contribution is 7.86. The lowest BCUT2D eigenvalue weighted by atomic mass is 9.99. The fourth-order valence-corrected chi connectivity index (χ4v) is 2.76. The molecular weight excluding hydrogens is 214 g/mol. The zero-order chi connectivity index (χ0) is 12.0. The van der Waals surface area contributed by atoms with Crippen LogP contribution in [0.3, 0.4) is 0 Å². The third-order valence-corrected chi connectivity index (χ3v) is 4.00. The van der Waals surface area contributed by atoms with Crippen molar-refractivity contribution in [3.05, 3.63) is 22.3 Å². The van der Waals surface area contributed by atoms with Crippen LogP contribution in [0, 0.1) is 27.7 Å². The van der Waals surface area contributed by atoms with Gasteiger partial charge in [0, 0.05) is 5.69 Å². The molecule has 1 rings (SSSR count). The lowest BCUT2D eigenvalue weighted by Gasteiger charge is -2.15. The van der Waals surface area contributed by atoms with Crippen molar-refractivity contribution in [3.8, 4) is 0 Å². The SMILES string of the molecule is Cc1c(C)c(N)c(C)c(S(=O)(=O)O)c1C. The Morgan fingerprint density at radius 1 is 0.933 bits per heavy atom. The summed E-state index contributed by atoms with van der Waals surface area (Å²) in [5.41, 5.74) is 8.82. The van der Waals surface area contributed by atoms with Gasteiger partial charge in [-0.05, 0) is 49.9 Å². The van der Waals surface area contributed by atoms with Gasteiger partial charge in [-0.25, -0.2) is 0 Å². The van der Waals surface area contributed by atoms with Crippen molar-refractivity contribution in [2.24, 2.45) is 0 Å². The van der Waals surface area contributed by atoms with Gasteiger partial charge in [0.05, 0.1) is 0 Å². The van der Waals surface area contributed by atoms with Crippen molar-refractivity contribution in [1.82, 2.24) is 0 Å². The van der Waals surface area contributed by atoms with Gasteiger partial charge >= 0.3 is 0 Å². The molecule has 0 aliphatic carbocycles. The topological polar surface area (TPSA) is 80.4 Å². The lowest BCUT2D eigenvalue weighted by molar-refractivity contribution is 0.482. The van der Waals surface area contributed by atoms with E-state index in [1.54, 1.807) is 20.8 Å². The summed E-state index contributed by atoms with van der Waals surface area (Å²) < 4.78 is 31.5. The molecule has 0 amide bonds. The molecule has 0 saturated carbocycles. The molecule has 0 atom stereocenters. The minimum absolute atomic E-state index is 0.0666. The Labute approximate surface area is 89.9 Å². The molecule has 0 saturated heterocycles. The Bertz CT molecular complexity index is 489. The highest BCUT2D eigenvalue weighted by atomic mass is 32.2. The van der Waals surface area contributed by atoms with Gasteiger partial charge in [0.1, 0.15) is 4.90 Å². The summed E-state index contributed by atoms with van der Waals surface area (Å²) in [5, 5.41) is 0. The molecule has 3 N–H and O–H groups in total. The number of hydrogen-bond acceptors (Lipinski definition) is 3. The van der Waals surface area contributed by atoms with Crippen LogP contribution in [0.5, 0.6) is 0 Å². The maximum absolute atomic E-state index is 11.2. The standard InChI is InChI=1S/C10H15NO3S/c1-5-6(2)9(11)8(4)10(7(5)3)15(12,13)14/h11H2,1-4H3,(H,12,13,14).